The van der Waals surface area contributed by atoms with Crippen molar-refractivity contribution in [3.05, 3.63) is 51.5 Å². The summed E-state index contributed by atoms with van der Waals surface area (Å²) in [6.07, 6.45) is 1.52. The molecule has 0 unspecified atom stereocenters. The molecule has 0 atom stereocenters. The third-order valence-corrected chi connectivity index (χ3v) is 3.43. The van der Waals surface area contributed by atoms with E-state index in [1.54, 1.807) is 5.38 Å². The summed E-state index contributed by atoms with van der Waals surface area (Å²) < 4.78 is 6.68. The number of carboxylic acids is 1. The van der Waals surface area contributed by atoms with E-state index in [0.29, 0.717) is 4.96 Å². The molecule has 2 heterocycles. The Morgan fingerprint density at radius 3 is 3.00 bits per heavy atom. The average molecular weight is 305 g/mol. The first kappa shape index (κ1) is 13.1. The second-order valence-electron chi connectivity index (χ2n) is 3.99. The summed E-state index contributed by atoms with van der Waals surface area (Å²) in [5.41, 5.74) is 0.0242. The predicted octanol–water partition coefficient (Wildman–Crippen LogP) is 2.79. The van der Waals surface area contributed by atoms with Crippen molar-refractivity contribution in [2.24, 2.45) is 0 Å². The van der Waals surface area contributed by atoms with Crippen molar-refractivity contribution in [1.29, 1.82) is 0 Å². The highest BCUT2D eigenvalue weighted by Gasteiger charge is 2.25. The molecule has 0 fully saturated rings. The van der Waals surface area contributed by atoms with Gasteiger partial charge in [-0.25, -0.2) is 4.79 Å². The van der Waals surface area contributed by atoms with Gasteiger partial charge in [0.1, 0.15) is 11.9 Å². The van der Waals surface area contributed by atoms with Crippen LogP contribution in [-0.4, -0.2) is 25.4 Å². The third-order valence-electron chi connectivity index (χ3n) is 2.67. The van der Waals surface area contributed by atoms with Crippen LogP contribution in [0.25, 0.3) is 4.96 Å². The van der Waals surface area contributed by atoms with Crippen LogP contribution in [0.15, 0.2) is 35.8 Å². The van der Waals surface area contributed by atoms with E-state index in [1.807, 2.05) is 0 Å². The number of carboxylic acid groups (broad SMARTS) is 1. The molecule has 1 aromatic carbocycles. The molecule has 0 aliphatic carbocycles. The number of hydrogen-bond donors (Lipinski definition) is 1. The molecule has 8 nitrogen and oxygen atoms in total. The van der Waals surface area contributed by atoms with E-state index < -0.39 is 10.9 Å². The lowest BCUT2D eigenvalue weighted by Crippen LogP contribution is -1.98. The van der Waals surface area contributed by atoms with Gasteiger partial charge >= 0.3 is 17.7 Å². The Balaban J connectivity index is 2.03. The van der Waals surface area contributed by atoms with Crippen molar-refractivity contribution >= 4 is 28.1 Å². The van der Waals surface area contributed by atoms with Gasteiger partial charge in [-0.05, 0) is 23.1 Å². The Labute approximate surface area is 121 Å². The fraction of sp³-hybridized carbons (Fsp3) is 0. The molecule has 0 radical (unpaired) electrons. The van der Waals surface area contributed by atoms with Gasteiger partial charge in [-0.2, -0.15) is 9.38 Å². The number of aromatic nitrogens is 2. The van der Waals surface area contributed by atoms with E-state index in [1.165, 1.54) is 46.2 Å². The highest BCUT2D eigenvalue weighted by Crippen LogP contribution is 2.33. The number of thiazole rings is 1. The second kappa shape index (κ2) is 4.87. The molecule has 9 heteroatoms. The van der Waals surface area contributed by atoms with E-state index >= 15 is 0 Å². The molecule has 3 aromatic rings. The number of hydrogen-bond acceptors (Lipinski definition) is 6. The van der Waals surface area contributed by atoms with Crippen LogP contribution in [-0.2, 0) is 0 Å². The molecular weight excluding hydrogens is 298 g/mol. The zero-order valence-electron chi connectivity index (χ0n) is 10.3. The maximum Gasteiger partial charge on any atom is 0.393 e. The van der Waals surface area contributed by atoms with Gasteiger partial charge < -0.3 is 20.0 Å². The van der Waals surface area contributed by atoms with Gasteiger partial charge in [-0.1, -0.05) is 17.4 Å². The molecule has 21 heavy (non-hydrogen) atoms. The summed E-state index contributed by atoms with van der Waals surface area (Å²) >= 11 is 1.23. The average Bonchev–Trinajstić information content (AvgIpc) is 2.98. The number of rotatable bonds is 4. The van der Waals surface area contributed by atoms with E-state index in [2.05, 4.69) is 4.98 Å². The van der Waals surface area contributed by atoms with Crippen molar-refractivity contribution in [1.82, 2.24) is 9.38 Å². The molecule has 0 aliphatic rings. The van der Waals surface area contributed by atoms with Gasteiger partial charge in [-0.3, -0.25) is 0 Å². The normalized spacial score (nSPS) is 10.7. The summed E-state index contributed by atoms with van der Waals surface area (Å²) in [7, 11) is 0. The highest BCUT2D eigenvalue weighted by atomic mass is 32.1. The topological polar surface area (TPSA) is 107 Å². The third kappa shape index (κ3) is 2.30. The minimum atomic E-state index is -1.11. The summed E-state index contributed by atoms with van der Waals surface area (Å²) in [4.78, 5) is 25.9. The smallest absolute Gasteiger partial charge is 0.393 e. The fourth-order valence-electron chi connectivity index (χ4n) is 1.79. The molecule has 0 aliphatic heterocycles. The first-order valence-electron chi connectivity index (χ1n) is 5.67. The lowest BCUT2D eigenvalue weighted by molar-refractivity contribution is -0.391. The summed E-state index contributed by atoms with van der Waals surface area (Å²) in [6, 6.07) is 5.67. The van der Waals surface area contributed by atoms with Gasteiger partial charge in [0.2, 0.25) is 0 Å². The number of nitro groups is 1. The number of carbonyl (C=O) groups is 1. The zero-order chi connectivity index (χ0) is 15.0. The van der Waals surface area contributed by atoms with Crippen molar-refractivity contribution in [2.45, 2.75) is 0 Å². The number of ether oxygens (including phenoxy) is 1. The number of nitrogens with zero attached hydrogens (tertiary/aromatic N) is 3. The van der Waals surface area contributed by atoms with E-state index in [-0.39, 0.29) is 23.0 Å². The molecule has 2 aromatic heterocycles. The maximum absolute atomic E-state index is 11.1. The number of aromatic carboxylic acids is 1. The van der Waals surface area contributed by atoms with Crippen LogP contribution in [0, 0.1) is 10.1 Å². The van der Waals surface area contributed by atoms with Crippen molar-refractivity contribution in [3.8, 4) is 11.6 Å². The number of imidazole rings is 1. The van der Waals surface area contributed by atoms with Crippen molar-refractivity contribution in [2.75, 3.05) is 0 Å². The standard InChI is InChI=1S/C12H7N3O5S/c16-11(17)7-2-1-3-8(6-7)20-9-10(15(18)19)14-4-5-21-12(14)13-9/h1-6H,(H,16,17). The van der Waals surface area contributed by atoms with E-state index in [0.717, 1.165) is 0 Å². The predicted molar refractivity (Wildman–Crippen MR) is 73.2 cm³/mol. The molecule has 0 bridgehead atoms. The van der Waals surface area contributed by atoms with Gasteiger partial charge in [0.15, 0.2) is 0 Å². The van der Waals surface area contributed by atoms with Crippen LogP contribution < -0.4 is 4.74 Å². The van der Waals surface area contributed by atoms with Crippen LogP contribution in [0.2, 0.25) is 0 Å². The van der Waals surface area contributed by atoms with Gasteiger partial charge in [0.25, 0.3) is 4.96 Å². The molecule has 0 amide bonds. The second-order valence-corrected chi connectivity index (χ2v) is 4.86. The van der Waals surface area contributed by atoms with Gasteiger partial charge in [0, 0.05) is 5.38 Å². The minimum Gasteiger partial charge on any atom is -0.478 e. The SMILES string of the molecule is O=C(O)c1cccc(Oc2nc3sccn3c2[N+](=O)[O-])c1. The summed E-state index contributed by atoms with van der Waals surface area (Å²) in [5.74, 6) is -1.41. The van der Waals surface area contributed by atoms with Gasteiger partial charge in [0.05, 0.1) is 5.56 Å². The van der Waals surface area contributed by atoms with Crippen LogP contribution in [0.3, 0.4) is 0 Å². The highest BCUT2D eigenvalue weighted by molar-refractivity contribution is 7.15. The summed E-state index contributed by atoms with van der Waals surface area (Å²) in [6.45, 7) is 0. The van der Waals surface area contributed by atoms with Gasteiger partial charge in [-0.15, -0.1) is 0 Å². The summed E-state index contributed by atoms with van der Waals surface area (Å²) in [5, 5.41) is 21.7. The van der Waals surface area contributed by atoms with Crippen molar-refractivity contribution < 1.29 is 19.6 Å². The van der Waals surface area contributed by atoms with E-state index in [9.17, 15) is 14.9 Å². The Morgan fingerprint density at radius 2 is 2.29 bits per heavy atom. The first-order chi connectivity index (χ1) is 10.1. The molecule has 3 rings (SSSR count). The zero-order valence-corrected chi connectivity index (χ0v) is 11.1. The van der Waals surface area contributed by atoms with Crippen LogP contribution in [0.4, 0.5) is 5.82 Å². The van der Waals surface area contributed by atoms with Crippen LogP contribution >= 0.6 is 11.3 Å². The monoisotopic (exact) mass is 305 g/mol. The molecule has 1 N–H and O–H groups in total. The Bertz CT molecular complexity index is 854. The largest absolute Gasteiger partial charge is 0.478 e. The van der Waals surface area contributed by atoms with E-state index in [4.69, 9.17) is 9.84 Å². The Kier molecular flexibility index (Phi) is 3.03. The lowest BCUT2D eigenvalue weighted by Gasteiger charge is -2.03. The Morgan fingerprint density at radius 1 is 1.48 bits per heavy atom. The van der Waals surface area contributed by atoms with Crippen LogP contribution in [0.5, 0.6) is 11.6 Å². The molecular formula is C12H7N3O5S. The minimum absolute atomic E-state index is 0.0242. The van der Waals surface area contributed by atoms with Crippen molar-refractivity contribution in [3.63, 3.8) is 0 Å². The first-order valence-corrected chi connectivity index (χ1v) is 6.55. The molecule has 0 saturated heterocycles. The number of fused-ring (bicyclic) bond motifs is 1. The molecule has 0 saturated carbocycles. The quantitative estimate of drug-likeness (QED) is 0.586. The molecule has 0 spiro atoms. The lowest BCUT2D eigenvalue weighted by atomic mass is 10.2. The fourth-order valence-corrected chi connectivity index (χ4v) is 2.49. The maximum atomic E-state index is 11.1. The van der Waals surface area contributed by atoms with Crippen LogP contribution in [0.1, 0.15) is 10.4 Å². The number of benzene rings is 1. The molecule has 106 valence electrons. The Hall–Kier alpha value is -2.94.